The Labute approximate surface area is 195 Å². The molecule has 0 aromatic heterocycles. The van der Waals surface area contributed by atoms with Crippen LogP contribution in [-0.2, 0) is 28.8 Å². The van der Waals surface area contributed by atoms with Gasteiger partial charge >= 0.3 is 11.9 Å². The number of nitrogens with one attached hydrogen (secondary N) is 3. The van der Waals surface area contributed by atoms with E-state index >= 15 is 0 Å². The van der Waals surface area contributed by atoms with E-state index in [0.29, 0.717) is 19.4 Å². The van der Waals surface area contributed by atoms with E-state index < -0.39 is 66.3 Å². The lowest BCUT2D eigenvalue weighted by atomic mass is 10.1. The van der Waals surface area contributed by atoms with Crippen molar-refractivity contribution in [2.75, 3.05) is 13.2 Å². The van der Waals surface area contributed by atoms with Crippen molar-refractivity contribution >= 4 is 35.6 Å². The number of hydrogen-bond acceptors (Lipinski definition) is 9. The SMILES string of the molecule is NCCCCC(NC(=O)C(CO)NC(=O)C(N)CCC(=O)O)C(=O)NC(CCC(N)=O)C(=O)O. The summed E-state index contributed by atoms with van der Waals surface area (Å²) in [6.07, 6.45) is -0.166. The highest BCUT2D eigenvalue weighted by molar-refractivity contribution is 5.94. The third-order valence-electron chi connectivity index (χ3n) is 4.70. The summed E-state index contributed by atoms with van der Waals surface area (Å²) in [5.74, 6) is -6.01. The molecule has 34 heavy (non-hydrogen) atoms. The molecular weight excluding hydrogens is 456 g/mol. The lowest BCUT2D eigenvalue weighted by Crippen LogP contribution is -2.58. The van der Waals surface area contributed by atoms with Crippen LogP contribution in [0.1, 0.15) is 44.9 Å². The fourth-order valence-corrected chi connectivity index (χ4v) is 2.73. The number of aliphatic hydroxyl groups excluding tert-OH is 1. The third kappa shape index (κ3) is 12.7. The zero-order chi connectivity index (χ0) is 26.3. The molecule has 0 saturated carbocycles. The first-order valence-electron chi connectivity index (χ1n) is 10.6. The highest BCUT2D eigenvalue weighted by Crippen LogP contribution is 2.05. The van der Waals surface area contributed by atoms with E-state index in [1.165, 1.54) is 0 Å². The molecule has 15 heteroatoms. The molecule has 12 N–H and O–H groups in total. The van der Waals surface area contributed by atoms with Crippen molar-refractivity contribution in [3.05, 3.63) is 0 Å². The molecule has 0 saturated heterocycles. The van der Waals surface area contributed by atoms with E-state index in [1.54, 1.807) is 0 Å². The number of rotatable bonds is 18. The number of carboxylic acid groups (broad SMARTS) is 2. The molecule has 4 atom stereocenters. The van der Waals surface area contributed by atoms with Gasteiger partial charge in [0.2, 0.25) is 23.6 Å². The Bertz CT molecular complexity index is 733. The maximum absolute atomic E-state index is 12.7. The lowest BCUT2D eigenvalue weighted by molar-refractivity contribution is -0.143. The molecule has 0 aromatic carbocycles. The van der Waals surface area contributed by atoms with Crippen LogP contribution in [-0.4, -0.2) is 88.2 Å². The van der Waals surface area contributed by atoms with Crippen LogP contribution in [0.4, 0.5) is 0 Å². The summed E-state index contributed by atoms with van der Waals surface area (Å²) in [7, 11) is 0. The highest BCUT2D eigenvalue weighted by atomic mass is 16.4. The molecule has 4 unspecified atom stereocenters. The maximum Gasteiger partial charge on any atom is 0.326 e. The van der Waals surface area contributed by atoms with Gasteiger partial charge in [0.1, 0.15) is 18.1 Å². The van der Waals surface area contributed by atoms with Crippen LogP contribution >= 0.6 is 0 Å². The Morgan fingerprint density at radius 1 is 0.735 bits per heavy atom. The van der Waals surface area contributed by atoms with Gasteiger partial charge in [-0.2, -0.15) is 0 Å². The summed E-state index contributed by atoms with van der Waals surface area (Å²) < 4.78 is 0. The molecule has 0 radical (unpaired) electrons. The summed E-state index contributed by atoms with van der Waals surface area (Å²) in [5, 5.41) is 34.2. The number of unbranched alkanes of at least 4 members (excludes halogenated alkanes) is 1. The third-order valence-corrected chi connectivity index (χ3v) is 4.70. The van der Waals surface area contributed by atoms with Crippen molar-refractivity contribution < 1.29 is 44.1 Å². The van der Waals surface area contributed by atoms with Crippen LogP contribution in [0.15, 0.2) is 0 Å². The van der Waals surface area contributed by atoms with E-state index in [9.17, 15) is 39.0 Å². The van der Waals surface area contributed by atoms with Crippen molar-refractivity contribution in [2.24, 2.45) is 17.2 Å². The Morgan fingerprint density at radius 2 is 1.29 bits per heavy atom. The minimum absolute atomic E-state index is 0.0706. The van der Waals surface area contributed by atoms with Crippen molar-refractivity contribution in [1.82, 2.24) is 16.0 Å². The first kappa shape index (κ1) is 30.7. The molecule has 0 aliphatic heterocycles. The van der Waals surface area contributed by atoms with Gasteiger partial charge in [0.15, 0.2) is 0 Å². The lowest BCUT2D eigenvalue weighted by Gasteiger charge is -2.24. The van der Waals surface area contributed by atoms with Crippen molar-refractivity contribution in [2.45, 2.75) is 69.1 Å². The van der Waals surface area contributed by atoms with Gasteiger partial charge in [0.05, 0.1) is 12.6 Å². The average Bonchev–Trinajstić information content (AvgIpc) is 2.76. The standard InChI is InChI=1S/C19H34N6O9/c20-8-2-1-3-11(17(31)24-12(19(33)34)5-6-14(22)27)23-18(32)13(9-26)25-16(30)10(21)4-7-15(28)29/h10-13,26H,1-9,20-21H2,(H2,22,27)(H,23,32)(H,24,31)(H,25,30)(H,28,29)(H,33,34). The summed E-state index contributed by atoms with van der Waals surface area (Å²) in [5.41, 5.74) is 16.0. The second-order valence-corrected chi connectivity index (χ2v) is 7.53. The first-order chi connectivity index (χ1) is 15.9. The maximum atomic E-state index is 12.7. The van der Waals surface area contributed by atoms with E-state index in [2.05, 4.69) is 16.0 Å². The number of carbonyl (C=O) groups is 6. The highest BCUT2D eigenvalue weighted by Gasteiger charge is 2.30. The predicted molar refractivity (Wildman–Crippen MR) is 117 cm³/mol. The van der Waals surface area contributed by atoms with Crippen molar-refractivity contribution in [3.63, 3.8) is 0 Å². The zero-order valence-corrected chi connectivity index (χ0v) is 18.7. The predicted octanol–water partition coefficient (Wildman–Crippen LogP) is -3.90. The number of nitrogens with two attached hydrogens (primary N) is 3. The Morgan fingerprint density at radius 3 is 1.79 bits per heavy atom. The summed E-state index contributed by atoms with van der Waals surface area (Å²) in [4.78, 5) is 70.3. The van der Waals surface area contributed by atoms with Gasteiger partial charge < -0.3 is 48.5 Å². The van der Waals surface area contributed by atoms with Crippen LogP contribution in [0.5, 0.6) is 0 Å². The van der Waals surface area contributed by atoms with E-state index in [-0.39, 0.29) is 32.1 Å². The molecule has 15 nitrogen and oxygen atoms in total. The molecule has 0 aromatic rings. The molecule has 0 heterocycles. The second kappa shape index (κ2) is 16.3. The minimum Gasteiger partial charge on any atom is -0.481 e. The molecule has 0 spiro atoms. The molecule has 0 fully saturated rings. The Balaban J connectivity index is 5.26. The second-order valence-electron chi connectivity index (χ2n) is 7.53. The fourth-order valence-electron chi connectivity index (χ4n) is 2.73. The molecule has 0 aliphatic carbocycles. The van der Waals surface area contributed by atoms with Crippen molar-refractivity contribution in [3.8, 4) is 0 Å². The first-order valence-corrected chi connectivity index (χ1v) is 10.6. The van der Waals surface area contributed by atoms with Crippen molar-refractivity contribution in [1.29, 1.82) is 0 Å². The average molecular weight is 491 g/mol. The molecule has 0 bridgehead atoms. The number of carbonyl (C=O) groups excluding carboxylic acids is 4. The number of amides is 4. The summed E-state index contributed by atoms with van der Waals surface area (Å²) in [6, 6.07) is -5.42. The largest absolute Gasteiger partial charge is 0.481 e. The quantitative estimate of drug-likeness (QED) is 0.0837. The number of hydrogen-bond donors (Lipinski definition) is 9. The smallest absolute Gasteiger partial charge is 0.326 e. The molecule has 4 amide bonds. The van der Waals surface area contributed by atoms with Gasteiger partial charge in [-0.1, -0.05) is 0 Å². The number of carboxylic acids is 2. The fraction of sp³-hybridized carbons (Fsp3) is 0.684. The monoisotopic (exact) mass is 490 g/mol. The van der Waals surface area contributed by atoms with E-state index in [0.717, 1.165) is 0 Å². The molecular formula is C19H34N6O9. The molecule has 0 aliphatic rings. The molecule has 0 rings (SSSR count). The molecule has 194 valence electrons. The van der Waals surface area contributed by atoms with Gasteiger partial charge in [0.25, 0.3) is 0 Å². The number of aliphatic hydroxyl groups is 1. The van der Waals surface area contributed by atoms with Gasteiger partial charge in [-0.25, -0.2) is 4.79 Å². The van der Waals surface area contributed by atoms with Gasteiger partial charge in [-0.15, -0.1) is 0 Å². The Hall–Kier alpha value is -3.30. The van der Waals surface area contributed by atoms with Crippen LogP contribution in [0.3, 0.4) is 0 Å². The summed E-state index contributed by atoms with van der Waals surface area (Å²) >= 11 is 0. The van der Waals surface area contributed by atoms with E-state index in [4.69, 9.17) is 22.3 Å². The topological polar surface area (TPSA) is 277 Å². The summed E-state index contributed by atoms with van der Waals surface area (Å²) in [6.45, 7) is -0.543. The van der Waals surface area contributed by atoms with Crippen LogP contribution in [0.2, 0.25) is 0 Å². The van der Waals surface area contributed by atoms with Gasteiger partial charge in [-0.3, -0.25) is 24.0 Å². The minimum atomic E-state index is -1.50. The Kier molecular flexibility index (Phi) is 14.7. The van der Waals surface area contributed by atoms with Gasteiger partial charge in [-0.05, 0) is 38.6 Å². The normalized spacial score (nSPS) is 14.2. The van der Waals surface area contributed by atoms with E-state index in [1.807, 2.05) is 0 Å². The van der Waals surface area contributed by atoms with Crippen LogP contribution in [0, 0.1) is 0 Å². The zero-order valence-electron chi connectivity index (χ0n) is 18.7. The number of primary amides is 1. The van der Waals surface area contributed by atoms with Gasteiger partial charge in [0, 0.05) is 12.8 Å². The van der Waals surface area contributed by atoms with Crippen LogP contribution < -0.4 is 33.2 Å². The number of aliphatic carboxylic acids is 2. The van der Waals surface area contributed by atoms with Crippen LogP contribution in [0.25, 0.3) is 0 Å².